The predicted molar refractivity (Wildman–Crippen MR) is 158 cm³/mol. The van der Waals surface area contributed by atoms with Crippen molar-refractivity contribution in [1.82, 2.24) is 0 Å². The van der Waals surface area contributed by atoms with E-state index in [1.807, 2.05) is 48.5 Å². The van der Waals surface area contributed by atoms with Crippen molar-refractivity contribution in [2.24, 2.45) is 5.41 Å². The van der Waals surface area contributed by atoms with Gasteiger partial charge in [0, 0.05) is 31.5 Å². The minimum atomic E-state index is -0.202. The first kappa shape index (κ1) is 22.0. The fraction of sp³-hybridized carbons (Fsp3) is 0.0909. The first-order chi connectivity index (χ1) is 17.9. The van der Waals surface area contributed by atoms with Gasteiger partial charge in [-0.05, 0) is 45.1 Å². The number of fused-ring (bicyclic) bond motifs is 8. The topological polar surface area (TPSA) is 43.1 Å². The van der Waals surface area contributed by atoms with Gasteiger partial charge in [-0.2, -0.15) is 0 Å². The standard InChI is InChI=1S/C33H23NO2S/c1-33(2)17-15-26-28(16-18-33)37-32-27(19-20-9-3-4-10-21(20)30(26)32)29-24-13-7-5-11-22(24)23-12-6-8-14-25(23)31(29)34(35)36/h3-19H,1-2H3. The number of nitro groups is 1. The second kappa shape index (κ2) is 7.86. The molecule has 4 heteroatoms. The summed E-state index contributed by atoms with van der Waals surface area (Å²) in [6.07, 6.45) is 8.93. The van der Waals surface area contributed by atoms with E-state index in [-0.39, 0.29) is 16.0 Å². The van der Waals surface area contributed by atoms with Crippen LogP contribution in [-0.2, 0) is 0 Å². The van der Waals surface area contributed by atoms with Crippen LogP contribution in [0.25, 0.3) is 65.7 Å². The van der Waals surface area contributed by atoms with Crippen LogP contribution in [0.2, 0.25) is 0 Å². The highest BCUT2D eigenvalue weighted by Gasteiger charge is 2.28. The molecule has 1 aliphatic carbocycles. The van der Waals surface area contributed by atoms with E-state index in [0.717, 1.165) is 31.8 Å². The summed E-state index contributed by atoms with van der Waals surface area (Å²) >= 11 is 1.72. The number of thiophene rings is 1. The van der Waals surface area contributed by atoms with Crippen LogP contribution in [0.4, 0.5) is 5.69 Å². The summed E-state index contributed by atoms with van der Waals surface area (Å²) in [6.45, 7) is 4.40. The number of nitro benzene ring substituents is 1. The molecule has 0 aliphatic heterocycles. The Morgan fingerprint density at radius 1 is 0.757 bits per heavy atom. The van der Waals surface area contributed by atoms with Gasteiger partial charge in [0.25, 0.3) is 5.69 Å². The largest absolute Gasteiger partial charge is 0.285 e. The lowest BCUT2D eigenvalue weighted by atomic mass is 9.88. The molecule has 0 bridgehead atoms. The molecule has 1 heterocycles. The molecule has 3 nitrogen and oxygen atoms in total. The monoisotopic (exact) mass is 497 g/mol. The van der Waals surface area contributed by atoms with Gasteiger partial charge >= 0.3 is 0 Å². The molecular formula is C33H23NO2S. The van der Waals surface area contributed by atoms with Gasteiger partial charge in [-0.3, -0.25) is 10.1 Å². The lowest BCUT2D eigenvalue weighted by Crippen LogP contribution is -2.00. The van der Waals surface area contributed by atoms with E-state index in [9.17, 15) is 10.1 Å². The van der Waals surface area contributed by atoms with E-state index in [1.54, 1.807) is 11.3 Å². The summed E-state index contributed by atoms with van der Waals surface area (Å²) in [5.74, 6) is 0. The third-order valence-corrected chi connectivity index (χ3v) is 8.65. The van der Waals surface area contributed by atoms with Crippen molar-refractivity contribution >= 4 is 71.6 Å². The number of nitrogens with zero attached hydrogens (tertiary/aromatic N) is 1. The molecule has 37 heavy (non-hydrogen) atoms. The van der Waals surface area contributed by atoms with Crippen molar-refractivity contribution in [3.8, 4) is 11.1 Å². The number of hydrogen-bond acceptors (Lipinski definition) is 3. The zero-order valence-corrected chi connectivity index (χ0v) is 21.3. The van der Waals surface area contributed by atoms with E-state index >= 15 is 0 Å². The van der Waals surface area contributed by atoms with Crippen molar-refractivity contribution in [3.63, 3.8) is 0 Å². The summed E-state index contributed by atoms with van der Waals surface area (Å²) < 4.78 is 1.08. The minimum absolute atomic E-state index is 0.0359. The maximum absolute atomic E-state index is 12.8. The van der Waals surface area contributed by atoms with Gasteiger partial charge < -0.3 is 0 Å². The summed E-state index contributed by atoms with van der Waals surface area (Å²) in [5.41, 5.74) is 2.93. The zero-order valence-electron chi connectivity index (χ0n) is 20.5. The van der Waals surface area contributed by atoms with Crippen LogP contribution in [-0.4, -0.2) is 4.92 Å². The molecule has 0 atom stereocenters. The number of benzene rings is 5. The van der Waals surface area contributed by atoms with Crippen molar-refractivity contribution in [2.75, 3.05) is 0 Å². The van der Waals surface area contributed by atoms with Crippen LogP contribution in [0.1, 0.15) is 24.3 Å². The van der Waals surface area contributed by atoms with Gasteiger partial charge in [0.15, 0.2) is 0 Å². The number of hydrogen-bond donors (Lipinski definition) is 0. The first-order valence-electron chi connectivity index (χ1n) is 12.4. The van der Waals surface area contributed by atoms with E-state index in [2.05, 4.69) is 68.5 Å². The quantitative estimate of drug-likeness (QED) is 0.136. The number of rotatable bonds is 2. The second-order valence-electron chi connectivity index (χ2n) is 10.3. The SMILES string of the molecule is CC1(C)C=Cc2sc3c(-c4c([N+](=O)[O-])c5ccccc5c5ccccc45)cc4ccccc4c3c2C=C1. The number of allylic oxidation sites excluding steroid dienone is 2. The summed E-state index contributed by atoms with van der Waals surface area (Å²) in [5, 5.41) is 19.7. The molecule has 0 spiro atoms. The Labute approximate surface area is 218 Å². The van der Waals surface area contributed by atoms with Crippen LogP contribution in [0.15, 0.2) is 91.0 Å². The Balaban J connectivity index is 1.72. The zero-order chi connectivity index (χ0) is 25.3. The van der Waals surface area contributed by atoms with E-state index in [4.69, 9.17) is 0 Å². The molecular weight excluding hydrogens is 474 g/mol. The minimum Gasteiger partial charge on any atom is -0.258 e. The fourth-order valence-corrected chi connectivity index (χ4v) is 6.92. The highest BCUT2D eigenvalue weighted by Crippen LogP contribution is 2.50. The van der Waals surface area contributed by atoms with Crippen LogP contribution in [0.3, 0.4) is 0 Å². The molecule has 0 saturated carbocycles. The normalized spacial score (nSPS) is 14.4. The molecule has 178 valence electrons. The summed E-state index contributed by atoms with van der Waals surface area (Å²) in [6, 6.07) is 26.3. The van der Waals surface area contributed by atoms with Crippen LogP contribution < -0.4 is 0 Å². The Hall–Kier alpha value is -4.28. The molecule has 0 fully saturated rings. The Morgan fingerprint density at radius 2 is 1.35 bits per heavy atom. The lowest BCUT2D eigenvalue weighted by molar-refractivity contribution is -0.382. The Morgan fingerprint density at radius 3 is 2.08 bits per heavy atom. The van der Waals surface area contributed by atoms with Crippen LogP contribution in [0, 0.1) is 15.5 Å². The average molecular weight is 498 g/mol. The summed E-state index contributed by atoms with van der Waals surface area (Å²) in [4.78, 5) is 13.7. The fourth-order valence-electron chi connectivity index (χ4n) is 5.69. The third-order valence-electron chi connectivity index (χ3n) is 7.45. The van der Waals surface area contributed by atoms with Crippen molar-refractivity contribution in [3.05, 3.63) is 112 Å². The van der Waals surface area contributed by atoms with Gasteiger partial charge in [-0.15, -0.1) is 11.3 Å². The van der Waals surface area contributed by atoms with Gasteiger partial charge in [0.2, 0.25) is 0 Å². The second-order valence-corrected chi connectivity index (χ2v) is 11.3. The molecule has 1 aliphatic rings. The smallest absolute Gasteiger partial charge is 0.258 e. The highest BCUT2D eigenvalue weighted by molar-refractivity contribution is 7.21. The molecule has 5 aromatic carbocycles. The van der Waals surface area contributed by atoms with Crippen molar-refractivity contribution in [2.45, 2.75) is 13.8 Å². The maximum Gasteiger partial charge on any atom is 0.285 e. The molecule has 6 aromatic rings. The predicted octanol–water partition coefficient (Wildman–Crippen LogP) is 10.0. The molecule has 0 amide bonds. The summed E-state index contributed by atoms with van der Waals surface area (Å²) in [7, 11) is 0. The lowest BCUT2D eigenvalue weighted by Gasteiger charge is -2.15. The van der Waals surface area contributed by atoms with Crippen LogP contribution >= 0.6 is 11.3 Å². The molecule has 0 radical (unpaired) electrons. The maximum atomic E-state index is 12.8. The van der Waals surface area contributed by atoms with E-state index in [0.29, 0.717) is 10.9 Å². The van der Waals surface area contributed by atoms with E-state index in [1.165, 1.54) is 21.2 Å². The van der Waals surface area contributed by atoms with Crippen molar-refractivity contribution < 1.29 is 4.92 Å². The van der Waals surface area contributed by atoms with Gasteiger partial charge in [-0.25, -0.2) is 0 Å². The van der Waals surface area contributed by atoms with E-state index < -0.39 is 0 Å². The molecule has 7 rings (SSSR count). The van der Waals surface area contributed by atoms with Crippen molar-refractivity contribution in [1.29, 1.82) is 0 Å². The molecule has 1 aromatic heterocycles. The van der Waals surface area contributed by atoms with Gasteiger partial charge in [0.1, 0.15) is 0 Å². The molecule has 0 saturated heterocycles. The first-order valence-corrected chi connectivity index (χ1v) is 13.2. The van der Waals surface area contributed by atoms with Gasteiger partial charge in [0.05, 0.1) is 15.9 Å². The Bertz CT molecular complexity index is 1990. The third kappa shape index (κ3) is 3.26. The van der Waals surface area contributed by atoms with Crippen LogP contribution in [0.5, 0.6) is 0 Å². The average Bonchev–Trinajstić information content (AvgIpc) is 3.21. The Kier molecular flexibility index (Phi) is 4.66. The molecule has 0 unspecified atom stereocenters. The van der Waals surface area contributed by atoms with Gasteiger partial charge in [-0.1, -0.05) is 98.8 Å². The molecule has 0 N–H and O–H groups in total. The highest BCUT2D eigenvalue weighted by atomic mass is 32.1.